The number of fused-ring (bicyclic) bond motifs is 2. The first-order valence-corrected chi connectivity index (χ1v) is 16.3. The van der Waals surface area contributed by atoms with Crippen LogP contribution in [0.4, 0.5) is 23.0 Å². The van der Waals surface area contributed by atoms with Gasteiger partial charge in [0.05, 0.1) is 30.2 Å². The zero-order chi connectivity index (χ0) is 35.6. The number of nitrogen functional groups attached to an aromatic ring is 2. The predicted octanol–water partition coefficient (Wildman–Crippen LogP) is 8.33. The van der Waals surface area contributed by atoms with Crippen molar-refractivity contribution < 1.29 is 9.84 Å². The zero-order valence-corrected chi connectivity index (χ0v) is 29.7. The molecule has 0 aliphatic rings. The first kappa shape index (κ1) is 34.7. The number of nitrogens with zero attached hydrogens (tertiary/aromatic N) is 4. The molecule has 0 aliphatic carbocycles. The molecule has 0 spiro atoms. The molecule has 2 aromatic heterocycles. The number of hydrogen-bond acceptors (Lipinski definition) is 10. The number of methoxy groups -OCH3 is 1. The summed E-state index contributed by atoms with van der Waals surface area (Å²) in [7, 11) is 1.68. The molecular weight excluding hydrogens is 612 g/mol. The van der Waals surface area contributed by atoms with Gasteiger partial charge in [-0.15, -0.1) is 0 Å². The Balaban J connectivity index is 0.000000191. The van der Waals surface area contributed by atoms with E-state index in [1.54, 1.807) is 13.2 Å². The fourth-order valence-electron chi connectivity index (χ4n) is 5.96. The van der Waals surface area contributed by atoms with Crippen molar-refractivity contribution in [3.05, 3.63) is 106 Å². The van der Waals surface area contributed by atoms with Gasteiger partial charge < -0.3 is 31.9 Å². The Hall–Kier alpha value is -5.64. The Morgan fingerprint density at radius 3 is 1.49 bits per heavy atom. The second-order valence-corrected chi connectivity index (χ2v) is 12.8. The Morgan fingerprint density at radius 1 is 0.592 bits per heavy atom. The van der Waals surface area contributed by atoms with Gasteiger partial charge in [-0.25, -0.2) is 19.9 Å². The predicted molar refractivity (Wildman–Crippen MR) is 201 cm³/mol. The van der Waals surface area contributed by atoms with Gasteiger partial charge in [0.25, 0.3) is 0 Å². The summed E-state index contributed by atoms with van der Waals surface area (Å²) in [5.41, 5.74) is 21.5. The first-order valence-electron chi connectivity index (χ1n) is 16.3. The van der Waals surface area contributed by atoms with E-state index in [9.17, 15) is 5.11 Å². The van der Waals surface area contributed by atoms with Crippen molar-refractivity contribution in [3.8, 4) is 11.5 Å². The molecule has 6 rings (SSSR count). The van der Waals surface area contributed by atoms with Gasteiger partial charge in [-0.1, -0.05) is 12.1 Å². The molecule has 0 saturated carbocycles. The molecule has 6 aromatic rings. The van der Waals surface area contributed by atoms with Crippen LogP contribution >= 0.6 is 0 Å². The summed E-state index contributed by atoms with van der Waals surface area (Å²) in [4.78, 5) is 18.1. The largest absolute Gasteiger partial charge is 0.508 e. The summed E-state index contributed by atoms with van der Waals surface area (Å²) in [5, 5.41) is 18.7. The molecule has 4 aromatic carbocycles. The van der Waals surface area contributed by atoms with E-state index in [1.165, 1.54) is 0 Å². The number of hydrogen-bond donors (Lipinski definition) is 5. The number of aromatic hydroxyl groups is 1. The highest BCUT2D eigenvalue weighted by molar-refractivity contribution is 5.92. The minimum atomic E-state index is 0.0214. The maximum absolute atomic E-state index is 10.0. The third-order valence-corrected chi connectivity index (χ3v) is 8.40. The third-order valence-electron chi connectivity index (χ3n) is 8.40. The summed E-state index contributed by atoms with van der Waals surface area (Å²) < 4.78 is 5.46. The molecule has 0 fully saturated rings. The Labute approximate surface area is 288 Å². The van der Waals surface area contributed by atoms with Gasteiger partial charge in [0, 0.05) is 22.1 Å². The molecule has 0 unspecified atom stereocenters. The van der Waals surface area contributed by atoms with Crippen LogP contribution in [0.15, 0.2) is 60.7 Å². The molecule has 0 aliphatic heterocycles. The van der Waals surface area contributed by atoms with E-state index in [1.807, 2.05) is 84.0 Å². The first-order chi connectivity index (χ1) is 23.2. The third kappa shape index (κ3) is 8.09. The number of ether oxygens (including phenoxy) is 1. The van der Waals surface area contributed by atoms with Crippen molar-refractivity contribution in [3.63, 3.8) is 0 Å². The summed E-state index contributed by atoms with van der Waals surface area (Å²) in [5.74, 6) is 4.00. The zero-order valence-electron chi connectivity index (χ0n) is 29.7. The summed E-state index contributed by atoms with van der Waals surface area (Å²) in [6, 6.07) is 19.8. The lowest BCUT2D eigenvalue weighted by Crippen LogP contribution is -2.10. The average Bonchev–Trinajstić information content (AvgIpc) is 3.01. The van der Waals surface area contributed by atoms with E-state index in [0.717, 1.165) is 84.0 Å². The summed E-state index contributed by atoms with van der Waals surface area (Å²) in [6.45, 7) is 15.9. The van der Waals surface area contributed by atoms with E-state index in [4.69, 9.17) is 16.2 Å². The molecule has 10 heteroatoms. The molecule has 10 nitrogen and oxygen atoms in total. The van der Waals surface area contributed by atoms with Crippen LogP contribution in [0.1, 0.15) is 71.0 Å². The molecule has 0 bridgehead atoms. The van der Waals surface area contributed by atoms with E-state index in [2.05, 4.69) is 56.5 Å². The fourth-order valence-corrected chi connectivity index (χ4v) is 5.96. The van der Waals surface area contributed by atoms with Crippen LogP contribution in [-0.4, -0.2) is 32.2 Å². The Bertz CT molecular complexity index is 2120. The van der Waals surface area contributed by atoms with E-state index in [-0.39, 0.29) is 17.8 Å². The molecule has 2 atom stereocenters. The van der Waals surface area contributed by atoms with E-state index in [0.29, 0.717) is 11.6 Å². The van der Waals surface area contributed by atoms with Crippen LogP contribution in [0.2, 0.25) is 0 Å². The molecule has 2 heterocycles. The topological polar surface area (TPSA) is 157 Å². The lowest BCUT2D eigenvalue weighted by molar-refractivity contribution is 0.412. The number of nitrogens with two attached hydrogens (primary N) is 2. The van der Waals surface area contributed by atoms with Crippen LogP contribution < -0.4 is 26.8 Å². The number of benzene rings is 4. The highest BCUT2D eigenvalue weighted by atomic mass is 16.5. The number of aromatic nitrogens is 4. The van der Waals surface area contributed by atoms with E-state index >= 15 is 0 Å². The van der Waals surface area contributed by atoms with Crippen LogP contribution in [0.25, 0.3) is 21.8 Å². The van der Waals surface area contributed by atoms with E-state index < -0.39 is 0 Å². The number of nitrogens with one attached hydrogen (secondary N) is 2. The second-order valence-electron chi connectivity index (χ2n) is 12.8. The minimum absolute atomic E-state index is 0.0214. The number of rotatable bonds is 7. The van der Waals surface area contributed by atoms with Crippen molar-refractivity contribution >= 4 is 44.8 Å². The number of aryl methyl sites for hydroxylation is 6. The molecule has 0 radical (unpaired) electrons. The fraction of sp³-hybridized carbons (Fsp3) is 0.282. The normalized spacial score (nSPS) is 12.3. The van der Waals surface area contributed by atoms with Gasteiger partial charge >= 0.3 is 0 Å². The Morgan fingerprint density at radius 2 is 1.04 bits per heavy atom. The smallest absolute Gasteiger partial charge is 0.138 e. The lowest BCUT2D eigenvalue weighted by Gasteiger charge is -2.18. The number of phenols is 1. The monoisotopic (exact) mass is 658 g/mol. The average molecular weight is 659 g/mol. The summed E-state index contributed by atoms with van der Waals surface area (Å²) >= 11 is 0. The van der Waals surface area contributed by atoms with Gasteiger partial charge in [-0.2, -0.15) is 0 Å². The van der Waals surface area contributed by atoms with Crippen LogP contribution in [0, 0.1) is 41.5 Å². The van der Waals surface area contributed by atoms with Crippen molar-refractivity contribution in [1.29, 1.82) is 0 Å². The van der Waals surface area contributed by atoms with Crippen molar-refractivity contribution in [1.82, 2.24) is 19.9 Å². The minimum Gasteiger partial charge on any atom is -0.508 e. The second kappa shape index (κ2) is 14.2. The van der Waals surface area contributed by atoms with Gasteiger partial charge in [-0.05, 0) is 137 Å². The molecule has 0 saturated heterocycles. The molecular formula is C39H46N8O2. The van der Waals surface area contributed by atoms with Crippen molar-refractivity contribution in [2.45, 2.75) is 67.5 Å². The van der Waals surface area contributed by atoms with Crippen molar-refractivity contribution in [2.75, 3.05) is 29.2 Å². The quantitative estimate of drug-likeness (QED) is 0.106. The number of anilines is 4. The SMILES string of the molecule is COc1cc2c(N[C@H](C)c3cc(C)cc(N)c3)nc(C)nc2cc1C.Cc1cc(N)cc([C@@H](C)Nc2nc(C)nc3cc(C)c(O)cc23)c1. The molecule has 0 amide bonds. The van der Waals surface area contributed by atoms with Gasteiger partial charge in [0.2, 0.25) is 0 Å². The molecule has 254 valence electrons. The van der Waals surface area contributed by atoms with Gasteiger partial charge in [-0.3, -0.25) is 0 Å². The standard InChI is InChI=1S/C20H24N4O.C19H22N4O/c1-11-6-15(9-16(21)7-11)13(3)22-20-17-10-19(25-5)12(2)8-18(17)23-14(4)24-20;1-10-5-14(8-15(20)6-10)12(3)21-19-16-9-18(24)11(2)7-17(16)22-13(4)23-19/h6-10,13H,21H2,1-5H3,(H,22,23,24);5-9,12,24H,20H2,1-4H3,(H,21,22,23)/t13-;12-/m11/s1. The molecule has 49 heavy (non-hydrogen) atoms. The summed E-state index contributed by atoms with van der Waals surface area (Å²) in [6.07, 6.45) is 0. The van der Waals surface area contributed by atoms with Crippen LogP contribution in [0.5, 0.6) is 11.5 Å². The van der Waals surface area contributed by atoms with Gasteiger partial charge in [0.15, 0.2) is 0 Å². The highest BCUT2D eigenvalue weighted by Gasteiger charge is 2.15. The maximum Gasteiger partial charge on any atom is 0.138 e. The van der Waals surface area contributed by atoms with Crippen molar-refractivity contribution in [2.24, 2.45) is 0 Å². The Kier molecular flexibility index (Phi) is 10.1. The molecule has 7 N–H and O–H groups in total. The van der Waals surface area contributed by atoms with Crippen LogP contribution in [-0.2, 0) is 0 Å². The van der Waals surface area contributed by atoms with Crippen LogP contribution in [0.3, 0.4) is 0 Å². The maximum atomic E-state index is 10.0. The lowest BCUT2D eigenvalue weighted by atomic mass is 10.0. The number of phenolic OH excluding ortho intramolecular Hbond substituents is 1. The highest BCUT2D eigenvalue weighted by Crippen LogP contribution is 2.32. The van der Waals surface area contributed by atoms with Gasteiger partial charge in [0.1, 0.15) is 34.8 Å².